The van der Waals surface area contributed by atoms with Crippen molar-refractivity contribution in [1.82, 2.24) is 20.1 Å². The number of benzene rings is 2. The van der Waals surface area contributed by atoms with Crippen molar-refractivity contribution in [3.05, 3.63) is 64.9 Å². The van der Waals surface area contributed by atoms with E-state index in [1.165, 1.54) is 12.1 Å². The number of piperidine rings is 1. The Morgan fingerprint density at radius 2 is 1.66 bits per heavy atom. The zero-order chi connectivity index (χ0) is 26.4. The molecular formula is C29H35F4N5. The van der Waals surface area contributed by atoms with Gasteiger partial charge >= 0.3 is 0 Å². The highest BCUT2D eigenvalue weighted by Crippen LogP contribution is 2.43. The van der Waals surface area contributed by atoms with Gasteiger partial charge in [0.15, 0.2) is 0 Å². The van der Waals surface area contributed by atoms with Crippen LogP contribution < -0.4 is 10.2 Å². The number of para-hydroxylation sites is 1. The lowest BCUT2D eigenvalue weighted by atomic mass is 9.88. The van der Waals surface area contributed by atoms with Gasteiger partial charge in [0.25, 0.3) is 6.43 Å². The number of nitrogens with zero attached hydrogens (tertiary/aromatic N) is 3. The van der Waals surface area contributed by atoms with Gasteiger partial charge in [-0.2, -0.15) is 0 Å². The molecule has 2 N–H and O–H groups in total. The molecule has 3 aliphatic rings. The Bertz CT molecular complexity index is 1260. The van der Waals surface area contributed by atoms with Gasteiger partial charge in [0.05, 0.1) is 12.6 Å². The van der Waals surface area contributed by atoms with E-state index in [4.69, 9.17) is 0 Å². The maximum absolute atomic E-state index is 15.9. The van der Waals surface area contributed by atoms with E-state index in [0.717, 1.165) is 68.6 Å². The summed E-state index contributed by atoms with van der Waals surface area (Å²) in [5.41, 5.74) is 2.75. The first-order valence-electron chi connectivity index (χ1n) is 13.7. The van der Waals surface area contributed by atoms with Gasteiger partial charge < -0.3 is 15.2 Å². The molecule has 2 aromatic carbocycles. The average molecular weight is 530 g/mol. The molecule has 4 heterocycles. The second-order valence-electron chi connectivity index (χ2n) is 10.9. The highest BCUT2D eigenvalue weighted by molar-refractivity contribution is 5.85. The summed E-state index contributed by atoms with van der Waals surface area (Å²) in [6.45, 7) is 6.83. The second kappa shape index (κ2) is 10.5. The summed E-state index contributed by atoms with van der Waals surface area (Å²) in [7, 11) is 0. The Kier molecular flexibility index (Phi) is 7.09. The van der Waals surface area contributed by atoms with Crippen molar-refractivity contribution in [2.24, 2.45) is 0 Å². The zero-order valence-electron chi connectivity index (χ0n) is 21.7. The number of hydrogen-bond acceptors (Lipinski definition) is 4. The molecule has 2 saturated heterocycles. The Balaban J connectivity index is 1.32. The molecule has 204 valence electrons. The number of nitrogens with one attached hydrogen (secondary N) is 2. The molecule has 38 heavy (non-hydrogen) atoms. The Morgan fingerprint density at radius 1 is 0.974 bits per heavy atom. The van der Waals surface area contributed by atoms with Crippen LogP contribution in [0.15, 0.2) is 36.4 Å². The summed E-state index contributed by atoms with van der Waals surface area (Å²) < 4.78 is 59.2. The Labute approximate surface area is 220 Å². The standard InChI is InChI=1S/C29H35F4N5/c1-18-14-22-21-4-2-3-5-25(21)35-28(22)29(38(18)17-26(32)33)27-23(30)15-20(16-24(27)31)36-10-6-19(7-11-36)37-12-8-34-9-13-37/h2-5,15-16,18-19,26,29,34-35H,6-14,17H2,1H3/t18-,29-/m1/s1. The topological polar surface area (TPSA) is 37.5 Å². The maximum Gasteiger partial charge on any atom is 0.251 e. The number of rotatable bonds is 5. The molecule has 0 unspecified atom stereocenters. The lowest BCUT2D eigenvalue weighted by molar-refractivity contribution is 0.0438. The van der Waals surface area contributed by atoms with Gasteiger partial charge in [0.1, 0.15) is 11.6 Å². The minimum Gasteiger partial charge on any atom is -0.371 e. The SMILES string of the molecule is C[C@@H]1Cc2c([nH]c3ccccc23)[C@@H](c2c(F)cc(N3CCC(N4CCNCC4)CC3)cc2F)N1CC(F)F. The number of fused-ring (bicyclic) bond motifs is 3. The number of H-pyrrole nitrogens is 1. The molecule has 0 radical (unpaired) electrons. The van der Waals surface area contributed by atoms with Crippen LogP contribution in [0, 0.1) is 11.6 Å². The molecule has 2 fully saturated rings. The summed E-state index contributed by atoms with van der Waals surface area (Å²) in [6, 6.07) is 9.71. The summed E-state index contributed by atoms with van der Waals surface area (Å²) in [5.74, 6) is -1.38. The van der Waals surface area contributed by atoms with Crippen molar-refractivity contribution in [3.63, 3.8) is 0 Å². The van der Waals surface area contributed by atoms with Crippen molar-refractivity contribution in [2.75, 3.05) is 50.7 Å². The van der Waals surface area contributed by atoms with Crippen LogP contribution in [0.4, 0.5) is 23.2 Å². The summed E-state index contributed by atoms with van der Waals surface area (Å²) in [4.78, 5) is 9.42. The molecule has 0 bridgehead atoms. The van der Waals surface area contributed by atoms with Gasteiger partial charge in [0.2, 0.25) is 0 Å². The molecule has 3 aliphatic heterocycles. The van der Waals surface area contributed by atoms with E-state index in [0.29, 0.717) is 23.8 Å². The van der Waals surface area contributed by atoms with Gasteiger partial charge in [-0.15, -0.1) is 0 Å². The number of anilines is 1. The first kappa shape index (κ1) is 25.6. The molecule has 1 aromatic heterocycles. The average Bonchev–Trinajstić information content (AvgIpc) is 3.28. The molecule has 9 heteroatoms. The second-order valence-corrected chi connectivity index (χ2v) is 10.9. The molecule has 5 nitrogen and oxygen atoms in total. The molecule has 3 aromatic rings. The highest BCUT2D eigenvalue weighted by Gasteiger charge is 2.40. The number of piperazine rings is 1. The van der Waals surface area contributed by atoms with Crippen molar-refractivity contribution >= 4 is 16.6 Å². The molecule has 0 saturated carbocycles. The van der Waals surface area contributed by atoms with E-state index in [2.05, 4.69) is 15.2 Å². The minimum absolute atomic E-state index is 0.163. The molecule has 6 rings (SSSR count). The van der Waals surface area contributed by atoms with E-state index in [9.17, 15) is 8.78 Å². The van der Waals surface area contributed by atoms with E-state index in [1.54, 1.807) is 4.90 Å². The van der Waals surface area contributed by atoms with Crippen molar-refractivity contribution in [3.8, 4) is 0 Å². The molecule has 0 amide bonds. The van der Waals surface area contributed by atoms with Crippen molar-refractivity contribution < 1.29 is 17.6 Å². The summed E-state index contributed by atoms with van der Waals surface area (Å²) in [5, 5.41) is 4.35. The minimum atomic E-state index is -2.62. The number of aromatic amines is 1. The molecule has 2 atom stereocenters. The van der Waals surface area contributed by atoms with Gasteiger partial charge in [-0.25, -0.2) is 17.6 Å². The lowest BCUT2D eigenvalue weighted by Crippen LogP contribution is -2.52. The van der Waals surface area contributed by atoms with E-state index >= 15 is 8.78 Å². The number of hydrogen-bond donors (Lipinski definition) is 2. The predicted octanol–water partition coefficient (Wildman–Crippen LogP) is 4.92. The van der Waals surface area contributed by atoms with Crippen LogP contribution in [0.3, 0.4) is 0 Å². The fraction of sp³-hybridized carbons (Fsp3) is 0.517. The van der Waals surface area contributed by atoms with Crippen LogP contribution >= 0.6 is 0 Å². The molecular weight excluding hydrogens is 494 g/mol. The lowest BCUT2D eigenvalue weighted by Gasteiger charge is -2.42. The third-order valence-corrected chi connectivity index (χ3v) is 8.70. The van der Waals surface area contributed by atoms with Crippen LogP contribution in [0.5, 0.6) is 0 Å². The van der Waals surface area contributed by atoms with Crippen LogP contribution in [-0.2, 0) is 6.42 Å². The third-order valence-electron chi connectivity index (χ3n) is 8.70. The van der Waals surface area contributed by atoms with E-state index < -0.39 is 30.6 Å². The van der Waals surface area contributed by atoms with Crippen LogP contribution in [-0.4, -0.2) is 79.1 Å². The quantitative estimate of drug-likeness (QED) is 0.460. The summed E-state index contributed by atoms with van der Waals surface area (Å²) in [6.07, 6.45) is -0.183. The van der Waals surface area contributed by atoms with Crippen LogP contribution in [0.1, 0.15) is 42.6 Å². The van der Waals surface area contributed by atoms with Gasteiger partial charge in [-0.1, -0.05) is 18.2 Å². The number of halogens is 4. The molecule has 0 aliphatic carbocycles. The third kappa shape index (κ3) is 4.69. The Morgan fingerprint density at radius 3 is 2.34 bits per heavy atom. The van der Waals surface area contributed by atoms with Gasteiger partial charge in [0, 0.05) is 79.2 Å². The Hall–Kier alpha value is -2.62. The van der Waals surface area contributed by atoms with Crippen LogP contribution in [0.2, 0.25) is 0 Å². The maximum atomic E-state index is 15.9. The largest absolute Gasteiger partial charge is 0.371 e. The summed E-state index contributed by atoms with van der Waals surface area (Å²) >= 11 is 0. The number of alkyl halides is 2. The normalized spacial score (nSPS) is 23.9. The van der Waals surface area contributed by atoms with Crippen molar-refractivity contribution in [2.45, 2.75) is 50.7 Å². The van der Waals surface area contributed by atoms with E-state index in [-0.39, 0.29) is 11.6 Å². The highest BCUT2D eigenvalue weighted by atomic mass is 19.3. The monoisotopic (exact) mass is 529 g/mol. The van der Waals surface area contributed by atoms with Gasteiger partial charge in [-0.3, -0.25) is 9.80 Å². The fourth-order valence-corrected chi connectivity index (χ4v) is 6.81. The first-order chi connectivity index (χ1) is 18.4. The van der Waals surface area contributed by atoms with E-state index in [1.807, 2.05) is 36.1 Å². The smallest absolute Gasteiger partial charge is 0.251 e. The molecule has 0 spiro atoms. The zero-order valence-corrected chi connectivity index (χ0v) is 21.7. The van der Waals surface area contributed by atoms with Crippen LogP contribution in [0.25, 0.3) is 10.9 Å². The predicted molar refractivity (Wildman–Crippen MR) is 142 cm³/mol. The fourth-order valence-electron chi connectivity index (χ4n) is 6.81. The number of aromatic nitrogens is 1. The van der Waals surface area contributed by atoms with Gasteiger partial charge in [-0.05, 0) is 49.9 Å². The first-order valence-corrected chi connectivity index (χ1v) is 13.7. The van der Waals surface area contributed by atoms with Crippen molar-refractivity contribution in [1.29, 1.82) is 0 Å².